The molecule has 0 N–H and O–H groups in total. The molecule has 0 aromatic heterocycles. The van der Waals surface area contributed by atoms with Gasteiger partial charge in [0.15, 0.2) is 0 Å². The van der Waals surface area contributed by atoms with Gasteiger partial charge in [0.25, 0.3) is 0 Å². The number of ketones is 1. The zero-order valence-electron chi connectivity index (χ0n) is 24.2. The van der Waals surface area contributed by atoms with Crippen LogP contribution in [0.3, 0.4) is 0 Å². The monoisotopic (exact) mass is 466 g/mol. The number of carbonyl (C=O) groups is 1. The number of Topliss-reactive ketones (excluding diaryl/α,β-unsaturated/α-hetero) is 1. The summed E-state index contributed by atoms with van der Waals surface area (Å²) in [6.45, 7) is 24.1. The third kappa shape index (κ3) is 4.10. The summed E-state index contributed by atoms with van der Waals surface area (Å²) in [5, 5.41) is 0. The molecule has 1 nitrogen and oxygen atoms in total. The summed E-state index contributed by atoms with van der Waals surface area (Å²) in [5.41, 5.74) is 4.20. The lowest BCUT2D eigenvalue weighted by Crippen LogP contribution is -2.50. The number of hydrogen-bond donors (Lipinski definition) is 0. The van der Waals surface area contributed by atoms with Gasteiger partial charge in [0.05, 0.1) is 0 Å². The average molecular weight is 467 g/mol. The van der Waals surface area contributed by atoms with E-state index >= 15 is 0 Å². The number of hydrogen-bond acceptors (Lipinski definition) is 1. The molecule has 2 fully saturated rings. The van der Waals surface area contributed by atoms with E-state index in [-0.39, 0.29) is 22.7 Å². The smallest absolute Gasteiger partial charge is 0.139 e. The van der Waals surface area contributed by atoms with Crippen LogP contribution in [-0.2, 0) is 4.79 Å². The largest absolute Gasteiger partial charge is 0.299 e. The predicted molar refractivity (Wildman–Crippen MR) is 146 cm³/mol. The summed E-state index contributed by atoms with van der Waals surface area (Å²) in [4.78, 5) is 14.3. The fourth-order valence-corrected chi connectivity index (χ4v) is 8.85. The third-order valence-corrected chi connectivity index (χ3v) is 12.5. The van der Waals surface area contributed by atoms with Crippen LogP contribution in [0.1, 0.15) is 121 Å². The van der Waals surface area contributed by atoms with Gasteiger partial charge < -0.3 is 0 Å². The lowest BCUT2D eigenvalue weighted by molar-refractivity contribution is -0.138. The first-order chi connectivity index (χ1) is 15.6. The minimum absolute atomic E-state index is 0.0491. The van der Waals surface area contributed by atoms with Crippen molar-refractivity contribution in [3.8, 4) is 0 Å². The van der Waals surface area contributed by atoms with Crippen molar-refractivity contribution in [2.45, 2.75) is 121 Å². The van der Waals surface area contributed by atoms with Crippen molar-refractivity contribution in [1.29, 1.82) is 0 Å². The van der Waals surface area contributed by atoms with E-state index in [0.29, 0.717) is 40.3 Å². The van der Waals surface area contributed by atoms with Gasteiger partial charge in [-0.3, -0.25) is 4.79 Å². The maximum atomic E-state index is 14.3. The van der Waals surface area contributed by atoms with Crippen LogP contribution in [0.25, 0.3) is 0 Å². The molecule has 0 saturated heterocycles. The van der Waals surface area contributed by atoms with Crippen molar-refractivity contribution < 1.29 is 4.79 Å². The van der Waals surface area contributed by atoms with Crippen LogP contribution in [-0.4, -0.2) is 5.78 Å². The highest BCUT2D eigenvalue weighted by Gasteiger charge is 2.53. The Kier molecular flexibility index (Phi) is 6.65. The molecule has 192 valence electrons. The first-order valence-corrected chi connectivity index (χ1v) is 14.6. The lowest BCUT2D eigenvalue weighted by atomic mass is 9.49. The molecule has 0 aromatic rings. The number of rotatable bonds is 4. The van der Waals surface area contributed by atoms with E-state index < -0.39 is 0 Å². The number of carbonyl (C=O) groups excluding carboxylic acids is 1. The molecule has 4 aliphatic rings. The van der Waals surface area contributed by atoms with Gasteiger partial charge in [-0.1, -0.05) is 92.5 Å². The minimum atomic E-state index is 0.0491. The molecule has 0 radical (unpaired) electrons. The van der Waals surface area contributed by atoms with Gasteiger partial charge >= 0.3 is 0 Å². The molecule has 0 bridgehead atoms. The molecule has 8 atom stereocenters. The van der Waals surface area contributed by atoms with E-state index in [1.165, 1.54) is 51.4 Å². The molecule has 0 aliphatic heterocycles. The van der Waals surface area contributed by atoms with Crippen molar-refractivity contribution in [3.05, 3.63) is 23.3 Å². The van der Waals surface area contributed by atoms with Crippen LogP contribution in [0.4, 0.5) is 0 Å². The second-order valence-corrected chi connectivity index (χ2v) is 15.1. The fourth-order valence-electron chi connectivity index (χ4n) is 8.85. The second-order valence-electron chi connectivity index (χ2n) is 15.1. The van der Waals surface area contributed by atoms with Crippen LogP contribution in [0, 0.1) is 57.2 Å². The Labute approximate surface area is 211 Å². The molecule has 2 saturated carbocycles. The maximum absolute atomic E-state index is 14.3. The highest BCUT2D eigenvalue weighted by molar-refractivity contribution is 5.84. The molecule has 4 aliphatic carbocycles. The van der Waals surface area contributed by atoms with Crippen LogP contribution in [0.2, 0.25) is 0 Å². The first kappa shape index (κ1) is 26.2. The Morgan fingerprint density at radius 2 is 1.09 bits per heavy atom. The zero-order valence-corrected chi connectivity index (χ0v) is 24.2. The summed E-state index contributed by atoms with van der Waals surface area (Å²) in [6, 6.07) is 0. The van der Waals surface area contributed by atoms with Gasteiger partial charge in [-0.15, -0.1) is 0 Å². The molecular weight excluding hydrogens is 412 g/mol. The molecular formula is C33H54O. The van der Waals surface area contributed by atoms with Gasteiger partial charge in [0, 0.05) is 11.8 Å². The first-order valence-electron chi connectivity index (χ1n) is 14.6. The standard InChI is InChI=1S/C33H54O/c1-21-17-25-13-11-15-30(5,6)27(25)19-32(21,9)23(3)29(34)24(4)33(10)20-28-26(18-22(33)2)14-12-16-31(28,7)8/h17-18,21-24,27-28H,11-16,19-20H2,1-10H3. The SMILES string of the molecule is CC1C=C2CCCC(C)(C)C2CC1(C)C(C)C(=O)C(C)C1(C)CC2C(=CC1C)CCCC2(C)C. The normalized spacial score (nSPS) is 43.0. The van der Waals surface area contributed by atoms with Crippen molar-refractivity contribution in [2.75, 3.05) is 0 Å². The molecule has 0 aromatic carbocycles. The Morgan fingerprint density at radius 1 is 0.735 bits per heavy atom. The summed E-state index contributed by atoms with van der Waals surface area (Å²) in [5.74, 6) is 2.96. The zero-order chi connectivity index (χ0) is 25.3. The van der Waals surface area contributed by atoms with Crippen molar-refractivity contribution in [2.24, 2.45) is 57.2 Å². The quantitative estimate of drug-likeness (QED) is 0.377. The van der Waals surface area contributed by atoms with Gasteiger partial charge in [0.2, 0.25) is 0 Å². The Hall–Kier alpha value is -0.850. The molecule has 8 unspecified atom stereocenters. The summed E-state index contributed by atoms with van der Waals surface area (Å²) in [7, 11) is 0. The Bertz CT molecular complexity index is 801. The maximum Gasteiger partial charge on any atom is 0.139 e. The van der Waals surface area contributed by atoms with Crippen LogP contribution < -0.4 is 0 Å². The Morgan fingerprint density at radius 3 is 1.44 bits per heavy atom. The van der Waals surface area contributed by atoms with Crippen LogP contribution in [0.15, 0.2) is 23.3 Å². The van der Waals surface area contributed by atoms with E-state index in [4.69, 9.17) is 0 Å². The van der Waals surface area contributed by atoms with Gasteiger partial charge in [-0.2, -0.15) is 0 Å². The molecule has 1 heteroatoms. The van der Waals surface area contributed by atoms with Crippen molar-refractivity contribution in [3.63, 3.8) is 0 Å². The topological polar surface area (TPSA) is 17.1 Å². The van der Waals surface area contributed by atoms with Gasteiger partial charge in [-0.05, 0) is 96.7 Å². The van der Waals surface area contributed by atoms with E-state index in [1.54, 1.807) is 11.1 Å². The lowest BCUT2D eigenvalue weighted by Gasteiger charge is -2.55. The summed E-state index contributed by atoms with van der Waals surface area (Å²) >= 11 is 0. The molecule has 0 spiro atoms. The molecule has 0 amide bonds. The van der Waals surface area contributed by atoms with Gasteiger partial charge in [0.1, 0.15) is 5.78 Å². The predicted octanol–water partition coefficient (Wildman–Crippen LogP) is 9.43. The van der Waals surface area contributed by atoms with E-state index in [1.807, 2.05) is 0 Å². The van der Waals surface area contributed by atoms with Crippen LogP contribution in [0.5, 0.6) is 0 Å². The summed E-state index contributed by atoms with van der Waals surface area (Å²) in [6.07, 6.45) is 15.4. The molecule has 34 heavy (non-hydrogen) atoms. The van der Waals surface area contributed by atoms with E-state index in [0.717, 1.165) is 0 Å². The minimum Gasteiger partial charge on any atom is -0.299 e. The number of fused-ring (bicyclic) bond motifs is 2. The fraction of sp³-hybridized carbons (Fsp3) is 0.848. The highest BCUT2D eigenvalue weighted by atomic mass is 16.1. The van der Waals surface area contributed by atoms with E-state index in [2.05, 4.69) is 81.4 Å². The van der Waals surface area contributed by atoms with Crippen molar-refractivity contribution in [1.82, 2.24) is 0 Å². The summed E-state index contributed by atoms with van der Waals surface area (Å²) < 4.78 is 0. The number of allylic oxidation sites excluding steroid dienone is 4. The average Bonchev–Trinajstić information content (AvgIpc) is 2.75. The molecule has 0 heterocycles. The van der Waals surface area contributed by atoms with Gasteiger partial charge in [-0.25, -0.2) is 0 Å². The highest BCUT2D eigenvalue weighted by Crippen LogP contribution is 2.60. The second kappa shape index (κ2) is 8.62. The molecule has 4 rings (SSSR count). The van der Waals surface area contributed by atoms with Crippen LogP contribution >= 0.6 is 0 Å². The Balaban J connectivity index is 1.60. The van der Waals surface area contributed by atoms with E-state index in [9.17, 15) is 4.79 Å². The third-order valence-electron chi connectivity index (χ3n) is 12.5. The van der Waals surface area contributed by atoms with Crippen molar-refractivity contribution >= 4 is 5.78 Å².